The molecule has 0 bridgehead atoms. The third kappa shape index (κ3) is 6.94. The lowest BCUT2D eigenvalue weighted by molar-refractivity contribution is -0.155. The van der Waals surface area contributed by atoms with Gasteiger partial charge in [-0.25, -0.2) is 5.06 Å². The van der Waals surface area contributed by atoms with Crippen molar-refractivity contribution in [3.8, 4) is 0 Å². The minimum atomic E-state index is -0.624. The molecule has 0 aromatic carbocycles. The Bertz CT molecular complexity index is 470. The number of nitrogens with zero attached hydrogens (tertiary/aromatic N) is 2. The number of carbonyl (C=O) groups is 3. The van der Waals surface area contributed by atoms with Gasteiger partial charge in [-0.15, -0.1) is 0 Å². The summed E-state index contributed by atoms with van der Waals surface area (Å²) in [6, 6.07) is -0.624. The third-order valence-corrected chi connectivity index (χ3v) is 4.87. The van der Waals surface area contributed by atoms with Gasteiger partial charge in [-0.2, -0.15) is 0 Å². The first-order chi connectivity index (χ1) is 12.2. The van der Waals surface area contributed by atoms with Gasteiger partial charge in [0.2, 0.25) is 18.2 Å². The van der Waals surface area contributed by atoms with Crippen LogP contribution in [-0.2, 0) is 14.4 Å². The predicted octanol–water partition coefficient (Wildman–Crippen LogP) is 2.18. The standard InChI is InChI=1S/C19H35N3O4/c1-5-6-10-15(13-22(26)14-23)17(24)20-16(19(2,3)4)18(25)21-11-8-7-9-12-21/h14-16,26H,5-13H2,1-4H3,(H,20,24)/t15-,16+/m0/s1. The largest absolute Gasteiger partial charge is 0.344 e. The molecule has 3 amide bonds. The highest BCUT2D eigenvalue weighted by Crippen LogP contribution is 2.24. The molecular weight excluding hydrogens is 334 g/mol. The van der Waals surface area contributed by atoms with Gasteiger partial charge in [0.1, 0.15) is 6.04 Å². The van der Waals surface area contributed by atoms with Crippen molar-refractivity contribution >= 4 is 18.2 Å². The molecule has 26 heavy (non-hydrogen) atoms. The van der Waals surface area contributed by atoms with Gasteiger partial charge in [0, 0.05) is 13.1 Å². The monoisotopic (exact) mass is 369 g/mol. The van der Waals surface area contributed by atoms with Crippen LogP contribution in [0.15, 0.2) is 0 Å². The molecule has 0 aromatic heterocycles. The van der Waals surface area contributed by atoms with Crippen LogP contribution in [0, 0.1) is 11.3 Å². The molecule has 1 rings (SSSR count). The first-order valence-corrected chi connectivity index (χ1v) is 9.70. The van der Waals surface area contributed by atoms with Crippen LogP contribution in [0.4, 0.5) is 0 Å². The van der Waals surface area contributed by atoms with Crippen LogP contribution in [0.3, 0.4) is 0 Å². The van der Waals surface area contributed by atoms with E-state index in [9.17, 15) is 19.6 Å². The maximum Gasteiger partial charge on any atom is 0.245 e. The lowest BCUT2D eigenvalue weighted by atomic mass is 9.84. The lowest BCUT2D eigenvalue weighted by Gasteiger charge is -2.37. The normalized spacial score (nSPS) is 17.3. The van der Waals surface area contributed by atoms with Gasteiger partial charge in [0.25, 0.3) is 0 Å². The first kappa shape index (κ1) is 22.4. The van der Waals surface area contributed by atoms with Crippen molar-refractivity contribution in [3.63, 3.8) is 0 Å². The molecule has 0 spiro atoms. The van der Waals surface area contributed by atoms with E-state index in [1.54, 1.807) is 0 Å². The highest BCUT2D eigenvalue weighted by atomic mass is 16.5. The molecule has 0 aliphatic carbocycles. The molecule has 0 aromatic rings. The molecule has 0 unspecified atom stereocenters. The van der Waals surface area contributed by atoms with Gasteiger partial charge < -0.3 is 10.2 Å². The second-order valence-corrected chi connectivity index (χ2v) is 8.26. The van der Waals surface area contributed by atoms with Crippen LogP contribution in [-0.4, -0.2) is 59.1 Å². The molecule has 2 N–H and O–H groups in total. The number of hydroxylamine groups is 2. The SMILES string of the molecule is CCCC[C@@H](CN(O)C=O)C(=O)N[C@H](C(=O)N1CCCCC1)C(C)(C)C. The number of rotatable bonds is 9. The molecule has 1 fully saturated rings. The minimum absolute atomic E-state index is 0.0453. The predicted molar refractivity (Wildman–Crippen MR) is 99.4 cm³/mol. The fourth-order valence-electron chi connectivity index (χ4n) is 3.23. The van der Waals surface area contributed by atoms with Gasteiger partial charge in [-0.1, -0.05) is 40.5 Å². The van der Waals surface area contributed by atoms with Crippen LogP contribution in [0.25, 0.3) is 0 Å². The van der Waals surface area contributed by atoms with Crippen LogP contribution >= 0.6 is 0 Å². The summed E-state index contributed by atoms with van der Waals surface area (Å²) in [6.45, 7) is 9.22. The van der Waals surface area contributed by atoms with Crippen molar-refractivity contribution in [1.82, 2.24) is 15.3 Å². The van der Waals surface area contributed by atoms with Crippen LogP contribution in [0.2, 0.25) is 0 Å². The molecule has 0 saturated carbocycles. The Hall–Kier alpha value is -1.63. The zero-order chi connectivity index (χ0) is 19.7. The Kier molecular flexibility index (Phi) is 9.05. The summed E-state index contributed by atoms with van der Waals surface area (Å²) in [6.07, 6.45) is 5.70. The summed E-state index contributed by atoms with van der Waals surface area (Å²) >= 11 is 0. The zero-order valence-electron chi connectivity index (χ0n) is 16.7. The number of hydrogen-bond acceptors (Lipinski definition) is 4. The summed E-state index contributed by atoms with van der Waals surface area (Å²) < 4.78 is 0. The minimum Gasteiger partial charge on any atom is -0.344 e. The van der Waals surface area contributed by atoms with E-state index in [1.807, 2.05) is 32.6 Å². The number of likely N-dealkylation sites (tertiary alicyclic amines) is 1. The Morgan fingerprint density at radius 3 is 2.35 bits per heavy atom. The molecule has 150 valence electrons. The maximum absolute atomic E-state index is 13.0. The van der Waals surface area contributed by atoms with Gasteiger partial charge in [0.05, 0.1) is 12.5 Å². The number of amides is 3. The van der Waals surface area contributed by atoms with Crippen molar-refractivity contribution in [3.05, 3.63) is 0 Å². The van der Waals surface area contributed by atoms with Gasteiger partial charge in [-0.3, -0.25) is 19.6 Å². The smallest absolute Gasteiger partial charge is 0.245 e. The number of unbranched alkanes of at least 4 members (excludes halogenated alkanes) is 1. The second kappa shape index (κ2) is 10.5. The average molecular weight is 370 g/mol. The Balaban J connectivity index is 2.87. The molecule has 1 aliphatic rings. The van der Waals surface area contributed by atoms with Gasteiger partial charge in [0.15, 0.2) is 0 Å². The van der Waals surface area contributed by atoms with Gasteiger partial charge >= 0.3 is 0 Å². The van der Waals surface area contributed by atoms with Crippen LogP contribution in [0.5, 0.6) is 0 Å². The lowest BCUT2D eigenvalue weighted by Crippen LogP contribution is -2.57. The Morgan fingerprint density at radius 1 is 1.23 bits per heavy atom. The van der Waals surface area contributed by atoms with E-state index in [-0.39, 0.29) is 18.4 Å². The van der Waals surface area contributed by atoms with E-state index >= 15 is 0 Å². The molecule has 0 radical (unpaired) electrons. The number of carbonyl (C=O) groups excluding carboxylic acids is 3. The van der Waals surface area contributed by atoms with E-state index in [1.165, 1.54) is 0 Å². The van der Waals surface area contributed by atoms with E-state index < -0.39 is 17.4 Å². The van der Waals surface area contributed by atoms with E-state index in [0.717, 1.165) is 45.2 Å². The molecule has 1 aliphatic heterocycles. The number of hydrogen-bond donors (Lipinski definition) is 2. The molecular formula is C19H35N3O4. The Labute approximate surface area is 157 Å². The summed E-state index contributed by atoms with van der Waals surface area (Å²) in [5.41, 5.74) is -0.428. The molecule has 7 heteroatoms. The van der Waals surface area contributed by atoms with E-state index in [2.05, 4.69) is 5.32 Å². The maximum atomic E-state index is 13.0. The molecule has 7 nitrogen and oxygen atoms in total. The highest BCUT2D eigenvalue weighted by molar-refractivity contribution is 5.89. The fourth-order valence-corrected chi connectivity index (χ4v) is 3.23. The first-order valence-electron chi connectivity index (χ1n) is 9.70. The quantitative estimate of drug-likeness (QED) is 0.370. The van der Waals surface area contributed by atoms with Crippen molar-refractivity contribution in [2.45, 2.75) is 72.3 Å². The molecule has 1 saturated heterocycles. The molecule has 2 atom stereocenters. The van der Waals surface area contributed by atoms with Crippen molar-refractivity contribution in [1.29, 1.82) is 0 Å². The van der Waals surface area contributed by atoms with Crippen LogP contribution in [0.1, 0.15) is 66.2 Å². The summed E-state index contributed by atoms with van der Waals surface area (Å²) in [5, 5.41) is 12.9. The average Bonchev–Trinajstić information content (AvgIpc) is 2.61. The van der Waals surface area contributed by atoms with Crippen LogP contribution < -0.4 is 5.32 Å². The molecule has 1 heterocycles. The van der Waals surface area contributed by atoms with Gasteiger partial charge in [-0.05, 0) is 31.1 Å². The summed E-state index contributed by atoms with van der Waals surface area (Å²) in [5.74, 6) is -0.871. The third-order valence-electron chi connectivity index (χ3n) is 4.87. The fraction of sp³-hybridized carbons (Fsp3) is 0.842. The summed E-state index contributed by atoms with van der Waals surface area (Å²) in [4.78, 5) is 38.4. The number of nitrogens with one attached hydrogen (secondary N) is 1. The van der Waals surface area contributed by atoms with Crippen molar-refractivity contribution in [2.24, 2.45) is 11.3 Å². The van der Waals surface area contributed by atoms with E-state index in [0.29, 0.717) is 17.9 Å². The van der Waals surface area contributed by atoms with E-state index in [4.69, 9.17) is 0 Å². The zero-order valence-corrected chi connectivity index (χ0v) is 16.7. The van der Waals surface area contributed by atoms with Crippen molar-refractivity contribution in [2.75, 3.05) is 19.6 Å². The number of piperidine rings is 1. The second-order valence-electron chi connectivity index (χ2n) is 8.26. The highest BCUT2D eigenvalue weighted by Gasteiger charge is 2.37. The topological polar surface area (TPSA) is 90.0 Å². The summed E-state index contributed by atoms with van der Waals surface area (Å²) in [7, 11) is 0. The van der Waals surface area contributed by atoms with Crippen molar-refractivity contribution < 1.29 is 19.6 Å². The Morgan fingerprint density at radius 2 is 1.85 bits per heavy atom.